The van der Waals surface area contributed by atoms with E-state index in [4.69, 9.17) is 18.1 Å². The Morgan fingerprint density at radius 2 is 0.767 bits per heavy atom. The first-order valence-electron chi connectivity index (χ1n) is 29.5. The standard InChI is InChI=1S/2C19H18N2O3.2C14H12N4O3/c2*1-21(2)12-4-6-14-11(9-12)3-8-17-18(14)19(20-24-17)15-7-5-13(22)10-16(15)23;2*1-18-9-3-4-10-12(8(9)6-15-18)13(17-21-10)7-2-5-11(19)16-14(7)20/h2*3-4,6,8-9,15H,5,7,10H2,1-2H3;2*3-4,6-7H,2,5H2,1H3,(H,16,19,20)/t2*15-;2*7-/m1010/s1. The molecule has 2 saturated heterocycles. The van der Waals surface area contributed by atoms with E-state index in [0.717, 1.165) is 76.3 Å². The molecule has 4 amide bonds. The fourth-order valence-corrected chi connectivity index (χ4v) is 12.7. The molecule has 0 unspecified atom stereocenters. The predicted octanol–water partition coefficient (Wildman–Crippen LogP) is 9.37. The van der Waals surface area contributed by atoms with E-state index >= 15 is 0 Å². The molecule has 2 aliphatic carbocycles. The SMILES string of the molecule is CN(C)c1ccc2c(ccc3onc([C@@H]4CCC(=O)CC4=O)c32)c1.CN(C)c1ccc2c(ccc3onc([C@H]4CCC(=O)CC4=O)c32)c1.Cn1ncc2c3c([C@@H]4CCC(=O)NC4=O)noc3ccc21.Cn1ncc2c3c([C@H]4CCC(=O)NC4=O)noc3ccc21. The second-order valence-corrected chi connectivity index (χ2v) is 23.6. The summed E-state index contributed by atoms with van der Waals surface area (Å²) in [6.07, 6.45) is 6.92. The number of imide groups is 2. The zero-order valence-electron chi connectivity index (χ0n) is 50.0. The molecular weight excluding hydrogens is 1150 g/mol. The predicted molar refractivity (Wildman–Crippen MR) is 332 cm³/mol. The number of rotatable bonds is 6. The van der Waals surface area contributed by atoms with Crippen LogP contribution in [0.2, 0.25) is 0 Å². The molecule has 2 aliphatic heterocycles. The molecule has 0 bridgehead atoms. The van der Waals surface area contributed by atoms with E-state index in [1.54, 1.807) is 21.8 Å². The first kappa shape index (κ1) is 58.2. The smallest absolute Gasteiger partial charge is 0.235 e. The number of Topliss-reactive ketones (excluding diaryl/α,β-unsaturated/α-hetero) is 4. The first-order chi connectivity index (χ1) is 43.4. The maximum atomic E-state index is 12.3. The Bertz CT molecular complexity index is 4650. The lowest BCUT2D eigenvalue weighted by atomic mass is 9.83. The maximum absolute atomic E-state index is 12.3. The van der Waals surface area contributed by atoms with Gasteiger partial charge in [0.25, 0.3) is 0 Å². The van der Waals surface area contributed by atoms with Crippen LogP contribution < -0.4 is 20.4 Å². The van der Waals surface area contributed by atoms with Crippen molar-refractivity contribution in [1.82, 2.24) is 50.8 Å². The van der Waals surface area contributed by atoms with Gasteiger partial charge < -0.3 is 27.9 Å². The van der Waals surface area contributed by atoms with Gasteiger partial charge in [0.2, 0.25) is 23.6 Å². The van der Waals surface area contributed by atoms with Crippen LogP contribution in [0.4, 0.5) is 11.4 Å². The summed E-state index contributed by atoms with van der Waals surface area (Å²) in [6, 6.07) is 27.7. The average molecular weight is 1210 g/mol. The maximum Gasteiger partial charge on any atom is 0.235 e. The highest BCUT2D eigenvalue weighted by atomic mass is 16.5. The molecule has 24 heteroatoms. The van der Waals surface area contributed by atoms with Gasteiger partial charge >= 0.3 is 0 Å². The van der Waals surface area contributed by atoms with Crippen molar-refractivity contribution < 1.29 is 56.4 Å². The van der Waals surface area contributed by atoms with Gasteiger partial charge in [0.15, 0.2) is 22.3 Å². The summed E-state index contributed by atoms with van der Waals surface area (Å²) >= 11 is 0. The number of nitrogens with one attached hydrogen (secondary N) is 2. The van der Waals surface area contributed by atoms with Crippen molar-refractivity contribution in [1.29, 1.82) is 0 Å². The molecule has 4 atom stereocenters. The number of piperidine rings is 2. The zero-order valence-corrected chi connectivity index (χ0v) is 50.0. The highest BCUT2D eigenvalue weighted by Gasteiger charge is 2.37. The van der Waals surface area contributed by atoms with Crippen molar-refractivity contribution in [2.45, 2.75) is 87.9 Å². The molecule has 6 aromatic heterocycles. The molecule has 0 spiro atoms. The summed E-state index contributed by atoms with van der Waals surface area (Å²) in [5.74, 6) is -2.80. The number of benzene rings is 6. The Morgan fingerprint density at radius 1 is 0.422 bits per heavy atom. The van der Waals surface area contributed by atoms with Gasteiger partial charge in [-0.15, -0.1) is 0 Å². The van der Waals surface area contributed by atoms with Gasteiger partial charge in [0, 0.05) is 90.1 Å². The quantitative estimate of drug-likeness (QED) is 0.116. The van der Waals surface area contributed by atoms with Crippen molar-refractivity contribution in [3.8, 4) is 0 Å². The van der Waals surface area contributed by atoms with Crippen LogP contribution in [0, 0.1) is 0 Å². The lowest BCUT2D eigenvalue weighted by Crippen LogP contribution is -2.39. The molecule has 90 heavy (non-hydrogen) atoms. The van der Waals surface area contributed by atoms with Crippen molar-refractivity contribution >= 4 is 145 Å². The van der Waals surface area contributed by atoms with Gasteiger partial charge in [-0.1, -0.05) is 44.9 Å². The lowest BCUT2D eigenvalue weighted by molar-refractivity contribution is -0.136. The zero-order chi connectivity index (χ0) is 62.8. The number of ketones is 4. The molecule has 0 radical (unpaired) electrons. The largest absolute Gasteiger partial charge is 0.378 e. The van der Waals surface area contributed by atoms with Gasteiger partial charge in [-0.2, -0.15) is 10.2 Å². The molecule has 2 N–H and O–H groups in total. The third-order valence-corrected chi connectivity index (χ3v) is 17.5. The highest BCUT2D eigenvalue weighted by molar-refractivity contribution is 6.14. The number of aromatic nitrogens is 8. The Hall–Kier alpha value is -10.8. The van der Waals surface area contributed by atoms with Crippen LogP contribution in [-0.4, -0.2) is 115 Å². The van der Waals surface area contributed by atoms with Gasteiger partial charge in [0.1, 0.15) is 45.9 Å². The minimum Gasteiger partial charge on any atom is -0.378 e. The molecule has 12 aromatic rings. The number of anilines is 2. The van der Waals surface area contributed by atoms with Crippen LogP contribution in [0.5, 0.6) is 0 Å². The molecule has 2 saturated carbocycles. The number of hydrogen-bond donors (Lipinski definition) is 2. The Morgan fingerprint density at radius 3 is 1.12 bits per heavy atom. The normalized spacial score (nSPS) is 18.9. The first-order valence-corrected chi connectivity index (χ1v) is 29.5. The van der Waals surface area contributed by atoms with Crippen molar-refractivity contribution in [3.05, 3.63) is 120 Å². The number of hydrogen-bond acceptors (Lipinski definition) is 20. The minimum atomic E-state index is -0.463. The van der Waals surface area contributed by atoms with Crippen LogP contribution in [0.25, 0.3) is 87.2 Å². The molecule has 4 aliphatic rings. The van der Waals surface area contributed by atoms with E-state index < -0.39 is 11.8 Å². The minimum absolute atomic E-state index is 0.00850. The number of amides is 4. The van der Waals surface area contributed by atoms with Crippen molar-refractivity contribution in [2.24, 2.45) is 14.1 Å². The topological polar surface area (TPSA) is 307 Å². The van der Waals surface area contributed by atoms with E-state index in [-0.39, 0.29) is 71.4 Å². The summed E-state index contributed by atoms with van der Waals surface area (Å²) < 4.78 is 25.1. The molecule has 8 heterocycles. The summed E-state index contributed by atoms with van der Waals surface area (Å²) in [5.41, 5.74) is 9.21. The van der Waals surface area contributed by atoms with Crippen LogP contribution >= 0.6 is 0 Å². The summed E-state index contributed by atoms with van der Waals surface area (Å²) in [6.45, 7) is 0. The van der Waals surface area contributed by atoms with E-state index in [9.17, 15) is 38.4 Å². The monoisotopic (exact) mass is 1210 g/mol. The van der Waals surface area contributed by atoms with Gasteiger partial charge in [-0.3, -0.25) is 58.4 Å². The number of carbonyl (C=O) groups is 8. The number of aryl methyl sites for hydroxylation is 2. The van der Waals surface area contributed by atoms with E-state index in [2.05, 4.69) is 63.4 Å². The fraction of sp³-hybridized carbons (Fsp3) is 0.303. The van der Waals surface area contributed by atoms with Crippen molar-refractivity contribution in [2.75, 3.05) is 38.0 Å². The average Bonchev–Trinajstić information content (AvgIpc) is 1.81. The number of carbonyl (C=O) groups excluding carboxylic acids is 8. The van der Waals surface area contributed by atoms with Crippen LogP contribution in [0.1, 0.15) is 111 Å². The van der Waals surface area contributed by atoms with Gasteiger partial charge in [0.05, 0.1) is 81.5 Å². The second kappa shape index (κ2) is 23.4. The summed E-state index contributed by atoms with van der Waals surface area (Å²) in [5, 5.41) is 39.1. The number of nitrogens with zero attached hydrogens (tertiary/aromatic N) is 10. The molecule has 24 nitrogen and oxygen atoms in total. The van der Waals surface area contributed by atoms with Crippen molar-refractivity contribution in [3.63, 3.8) is 0 Å². The van der Waals surface area contributed by atoms with Crippen LogP contribution in [-0.2, 0) is 52.5 Å². The fourth-order valence-electron chi connectivity index (χ4n) is 12.7. The van der Waals surface area contributed by atoms with Gasteiger partial charge in [-0.05, 0) is 108 Å². The molecular formula is C66H60N12O12. The summed E-state index contributed by atoms with van der Waals surface area (Å²) in [4.78, 5) is 98.4. The van der Waals surface area contributed by atoms with E-state index in [1.165, 1.54) is 0 Å². The molecule has 4 fully saturated rings. The molecule has 6 aromatic carbocycles. The summed E-state index contributed by atoms with van der Waals surface area (Å²) in [7, 11) is 11.7. The lowest BCUT2D eigenvalue weighted by Gasteiger charge is -2.18. The van der Waals surface area contributed by atoms with Crippen LogP contribution in [0.3, 0.4) is 0 Å². The van der Waals surface area contributed by atoms with Gasteiger partial charge in [-0.25, -0.2) is 0 Å². The van der Waals surface area contributed by atoms with E-state index in [0.29, 0.717) is 96.5 Å². The number of fused-ring (bicyclic) bond motifs is 12. The highest BCUT2D eigenvalue weighted by Crippen LogP contribution is 2.41. The van der Waals surface area contributed by atoms with Crippen LogP contribution in [0.15, 0.2) is 115 Å². The Balaban J connectivity index is 0.000000110. The Kier molecular flexibility index (Phi) is 15.1. The third kappa shape index (κ3) is 10.7. The third-order valence-electron chi connectivity index (χ3n) is 17.5. The molecule has 16 rings (SSSR count). The van der Waals surface area contributed by atoms with E-state index in [1.807, 2.05) is 115 Å². The second-order valence-electron chi connectivity index (χ2n) is 23.6. The Labute approximate surface area is 510 Å². The molecule has 456 valence electrons.